The van der Waals surface area contributed by atoms with Crippen LogP contribution in [0.25, 0.3) is 0 Å². The predicted molar refractivity (Wildman–Crippen MR) is 104 cm³/mol. The lowest BCUT2D eigenvalue weighted by molar-refractivity contribution is -0.105. The van der Waals surface area contributed by atoms with E-state index in [1.807, 2.05) is 30.3 Å². The van der Waals surface area contributed by atoms with Gasteiger partial charge < -0.3 is 24.7 Å². The SMILES string of the molecule is CC(=O)c1c(OCCN)ccc(OCOCOCc2ccccc2)c1C(C)=O. The van der Waals surface area contributed by atoms with Crippen LogP contribution in [0.3, 0.4) is 0 Å². The van der Waals surface area contributed by atoms with Crippen molar-refractivity contribution in [1.82, 2.24) is 0 Å². The van der Waals surface area contributed by atoms with E-state index in [1.54, 1.807) is 12.1 Å². The molecule has 0 aromatic heterocycles. The molecule has 0 amide bonds. The number of carbonyl (C=O) groups excluding carboxylic acids is 2. The first-order valence-corrected chi connectivity index (χ1v) is 8.88. The molecule has 0 atom stereocenters. The van der Waals surface area contributed by atoms with Gasteiger partial charge in [-0.15, -0.1) is 0 Å². The summed E-state index contributed by atoms with van der Waals surface area (Å²) in [5.74, 6) is -0.0445. The van der Waals surface area contributed by atoms with E-state index in [4.69, 9.17) is 24.7 Å². The Hall–Kier alpha value is -2.74. The molecule has 0 bridgehead atoms. The highest BCUT2D eigenvalue weighted by atomic mass is 16.7. The van der Waals surface area contributed by atoms with E-state index in [-0.39, 0.29) is 48.6 Å². The summed E-state index contributed by atoms with van der Waals surface area (Å²) in [6, 6.07) is 12.9. The van der Waals surface area contributed by atoms with Crippen molar-refractivity contribution in [3.05, 3.63) is 59.2 Å². The van der Waals surface area contributed by atoms with Gasteiger partial charge in [0.25, 0.3) is 0 Å². The quantitative estimate of drug-likeness (QED) is 0.340. The minimum absolute atomic E-state index is 0.0293. The summed E-state index contributed by atoms with van der Waals surface area (Å²) in [7, 11) is 0. The Labute approximate surface area is 164 Å². The third-order valence-electron chi connectivity index (χ3n) is 3.78. The summed E-state index contributed by atoms with van der Waals surface area (Å²) in [6.07, 6.45) is 0. The van der Waals surface area contributed by atoms with Crippen molar-refractivity contribution < 1.29 is 28.5 Å². The van der Waals surface area contributed by atoms with Gasteiger partial charge in [-0.25, -0.2) is 0 Å². The number of hydrogen-bond acceptors (Lipinski definition) is 7. The van der Waals surface area contributed by atoms with Gasteiger partial charge >= 0.3 is 0 Å². The second-order valence-corrected chi connectivity index (χ2v) is 5.98. The molecule has 0 saturated heterocycles. The number of hydrogen-bond donors (Lipinski definition) is 1. The van der Waals surface area contributed by atoms with Crippen molar-refractivity contribution >= 4 is 11.6 Å². The highest BCUT2D eigenvalue weighted by molar-refractivity contribution is 6.10. The van der Waals surface area contributed by atoms with Crippen LogP contribution >= 0.6 is 0 Å². The Bertz CT molecular complexity index is 791. The molecule has 28 heavy (non-hydrogen) atoms. The molecule has 0 heterocycles. The Kier molecular flexibility index (Phi) is 8.61. The van der Waals surface area contributed by atoms with Crippen molar-refractivity contribution in [3.63, 3.8) is 0 Å². The summed E-state index contributed by atoms with van der Waals surface area (Å²) in [6.45, 7) is 3.58. The van der Waals surface area contributed by atoms with Crippen LogP contribution in [0, 0.1) is 0 Å². The fraction of sp³-hybridized carbons (Fsp3) is 0.333. The lowest BCUT2D eigenvalue weighted by Gasteiger charge is -2.16. The number of nitrogens with two attached hydrogens (primary N) is 1. The molecule has 0 saturated carbocycles. The number of ketones is 2. The molecule has 0 aliphatic heterocycles. The fourth-order valence-corrected chi connectivity index (χ4v) is 2.60. The largest absolute Gasteiger partial charge is 0.491 e. The van der Waals surface area contributed by atoms with Gasteiger partial charge in [0.1, 0.15) is 18.1 Å². The fourth-order valence-electron chi connectivity index (χ4n) is 2.60. The average molecular weight is 387 g/mol. The maximum Gasteiger partial charge on any atom is 0.191 e. The molecule has 2 aromatic rings. The third kappa shape index (κ3) is 6.16. The van der Waals surface area contributed by atoms with E-state index in [0.29, 0.717) is 18.9 Å². The maximum absolute atomic E-state index is 12.1. The van der Waals surface area contributed by atoms with E-state index in [9.17, 15) is 9.59 Å². The van der Waals surface area contributed by atoms with Crippen molar-refractivity contribution in [2.75, 3.05) is 26.7 Å². The molecule has 0 fully saturated rings. The number of benzene rings is 2. The first kappa shape index (κ1) is 21.6. The smallest absolute Gasteiger partial charge is 0.191 e. The van der Waals surface area contributed by atoms with Gasteiger partial charge in [-0.1, -0.05) is 30.3 Å². The van der Waals surface area contributed by atoms with Crippen LogP contribution in [-0.2, 0) is 16.1 Å². The van der Waals surface area contributed by atoms with Crippen LogP contribution in [0.2, 0.25) is 0 Å². The van der Waals surface area contributed by atoms with Gasteiger partial charge in [-0.3, -0.25) is 9.59 Å². The molecule has 0 spiro atoms. The summed E-state index contributed by atoms with van der Waals surface area (Å²) >= 11 is 0. The highest BCUT2D eigenvalue weighted by Crippen LogP contribution is 2.31. The topological polar surface area (TPSA) is 97.1 Å². The van der Waals surface area contributed by atoms with E-state index in [0.717, 1.165) is 5.56 Å². The highest BCUT2D eigenvalue weighted by Gasteiger charge is 2.22. The van der Waals surface area contributed by atoms with Crippen LogP contribution < -0.4 is 15.2 Å². The van der Waals surface area contributed by atoms with Crippen LogP contribution in [0.5, 0.6) is 11.5 Å². The molecule has 0 unspecified atom stereocenters. The molecule has 0 radical (unpaired) electrons. The van der Waals surface area contributed by atoms with Crippen molar-refractivity contribution in [2.24, 2.45) is 5.73 Å². The molecule has 2 N–H and O–H groups in total. The third-order valence-corrected chi connectivity index (χ3v) is 3.78. The first-order chi connectivity index (χ1) is 13.5. The zero-order chi connectivity index (χ0) is 20.4. The Morgan fingerprint density at radius 1 is 0.821 bits per heavy atom. The van der Waals surface area contributed by atoms with Gasteiger partial charge in [-0.2, -0.15) is 0 Å². The van der Waals surface area contributed by atoms with Crippen molar-refractivity contribution in [1.29, 1.82) is 0 Å². The van der Waals surface area contributed by atoms with Crippen molar-refractivity contribution in [2.45, 2.75) is 20.5 Å². The Balaban J connectivity index is 1.97. The average Bonchev–Trinajstić information content (AvgIpc) is 2.69. The zero-order valence-electron chi connectivity index (χ0n) is 16.1. The van der Waals surface area contributed by atoms with Gasteiger partial charge in [0.2, 0.25) is 0 Å². The van der Waals surface area contributed by atoms with Crippen LogP contribution in [0.4, 0.5) is 0 Å². The zero-order valence-corrected chi connectivity index (χ0v) is 16.1. The molecule has 2 rings (SSSR count). The molecular weight excluding hydrogens is 362 g/mol. The van der Waals surface area contributed by atoms with Crippen LogP contribution in [-0.4, -0.2) is 38.3 Å². The summed E-state index contributed by atoms with van der Waals surface area (Å²) < 4.78 is 21.7. The summed E-state index contributed by atoms with van der Waals surface area (Å²) in [5.41, 5.74) is 6.82. The molecule has 2 aromatic carbocycles. The molecule has 7 nitrogen and oxygen atoms in total. The van der Waals surface area contributed by atoms with E-state index >= 15 is 0 Å². The second-order valence-electron chi connectivity index (χ2n) is 5.98. The minimum atomic E-state index is -0.307. The van der Waals surface area contributed by atoms with Gasteiger partial charge in [-0.05, 0) is 31.5 Å². The van der Waals surface area contributed by atoms with E-state index in [2.05, 4.69) is 0 Å². The maximum atomic E-state index is 12.1. The molecular formula is C21H25NO6. The number of ether oxygens (including phenoxy) is 4. The lowest BCUT2D eigenvalue weighted by atomic mass is 9.99. The van der Waals surface area contributed by atoms with Gasteiger partial charge in [0.05, 0.1) is 17.7 Å². The monoisotopic (exact) mass is 387 g/mol. The van der Waals surface area contributed by atoms with Crippen LogP contribution in [0.15, 0.2) is 42.5 Å². The molecule has 150 valence electrons. The van der Waals surface area contributed by atoms with E-state index < -0.39 is 0 Å². The lowest BCUT2D eigenvalue weighted by Crippen LogP contribution is -2.15. The first-order valence-electron chi connectivity index (χ1n) is 8.88. The second kappa shape index (κ2) is 11.2. The number of rotatable bonds is 12. The Morgan fingerprint density at radius 2 is 1.43 bits per heavy atom. The number of carbonyl (C=O) groups is 2. The van der Waals surface area contributed by atoms with Crippen LogP contribution in [0.1, 0.15) is 40.1 Å². The van der Waals surface area contributed by atoms with Gasteiger partial charge in [0, 0.05) is 6.54 Å². The van der Waals surface area contributed by atoms with E-state index in [1.165, 1.54) is 13.8 Å². The summed E-state index contributed by atoms with van der Waals surface area (Å²) in [5, 5.41) is 0. The predicted octanol–water partition coefficient (Wildman–Crippen LogP) is 2.96. The molecule has 7 heteroatoms. The van der Waals surface area contributed by atoms with Gasteiger partial charge in [0.15, 0.2) is 25.2 Å². The minimum Gasteiger partial charge on any atom is -0.491 e. The summed E-state index contributed by atoms with van der Waals surface area (Å²) in [4.78, 5) is 24.2. The molecule has 0 aliphatic carbocycles. The number of Topliss-reactive ketones (excluding diaryl/α,β-unsaturated/α-hetero) is 2. The standard InChI is InChI=1S/C21H25NO6/c1-15(23)20-18(27-11-10-22)8-9-19(21(20)16(2)24)28-14-26-13-25-12-17-6-4-3-5-7-17/h3-9H,10-14,22H2,1-2H3. The molecule has 0 aliphatic rings. The normalized spacial score (nSPS) is 10.5. The van der Waals surface area contributed by atoms with Crippen molar-refractivity contribution in [3.8, 4) is 11.5 Å². The Morgan fingerprint density at radius 3 is 2.00 bits per heavy atom.